The maximum atomic E-state index is 11.3. The van der Waals surface area contributed by atoms with Gasteiger partial charge in [0.05, 0.1) is 7.11 Å². The van der Waals surface area contributed by atoms with Crippen LogP contribution in [0.25, 0.3) is 0 Å². The van der Waals surface area contributed by atoms with Gasteiger partial charge in [0, 0.05) is 6.54 Å². The average molecular weight is 251 g/mol. The summed E-state index contributed by atoms with van der Waals surface area (Å²) < 4.78 is 5.06. The maximum absolute atomic E-state index is 11.3. The number of methoxy groups -OCH3 is 1. The Labute approximate surface area is 106 Å². The number of hydrogen-bond acceptors (Lipinski definition) is 3. The lowest BCUT2D eigenvalue weighted by Gasteiger charge is -2.25. The molecule has 0 bridgehead atoms. The quantitative estimate of drug-likeness (QED) is 0.749. The van der Waals surface area contributed by atoms with Crippen LogP contribution in [0, 0.1) is 0 Å². The van der Waals surface area contributed by atoms with Gasteiger partial charge >= 0.3 is 5.97 Å². The molecule has 1 amide bonds. The van der Waals surface area contributed by atoms with Crippen molar-refractivity contribution < 1.29 is 19.4 Å². The fourth-order valence-electron chi connectivity index (χ4n) is 1.79. The van der Waals surface area contributed by atoms with Crippen LogP contribution in [0.3, 0.4) is 0 Å². The van der Waals surface area contributed by atoms with Gasteiger partial charge in [0.1, 0.15) is 5.75 Å². The molecule has 5 heteroatoms. The first kappa shape index (κ1) is 14.0. The molecular formula is C13H17NO4. The van der Waals surface area contributed by atoms with Crippen molar-refractivity contribution in [2.24, 2.45) is 0 Å². The predicted octanol–water partition coefficient (Wildman–Crippen LogP) is 1.69. The fraction of sp³-hybridized carbons (Fsp3) is 0.385. The van der Waals surface area contributed by atoms with Gasteiger partial charge in [-0.05, 0) is 24.1 Å². The summed E-state index contributed by atoms with van der Waals surface area (Å²) in [5.41, 5.74) is 0.530. The number of carbonyl (C=O) groups excluding carboxylic acids is 1. The molecule has 0 fully saturated rings. The van der Waals surface area contributed by atoms with Gasteiger partial charge in [-0.2, -0.15) is 0 Å². The minimum absolute atomic E-state index is 0.400. The highest BCUT2D eigenvalue weighted by Gasteiger charge is 2.26. The molecular weight excluding hydrogens is 234 g/mol. The second-order valence-corrected chi connectivity index (χ2v) is 3.86. The monoisotopic (exact) mass is 251 g/mol. The summed E-state index contributed by atoms with van der Waals surface area (Å²) in [4.78, 5) is 23.6. The summed E-state index contributed by atoms with van der Waals surface area (Å²) in [7, 11) is 1.51. The molecule has 0 aromatic heterocycles. The molecule has 1 rings (SSSR count). The number of nitrogens with zero attached hydrogens (tertiary/aromatic N) is 1. The van der Waals surface area contributed by atoms with Gasteiger partial charge in [0.15, 0.2) is 6.04 Å². The number of ether oxygens (including phenoxy) is 1. The zero-order chi connectivity index (χ0) is 13.5. The number of carbonyl (C=O) groups is 2. The third kappa shape index (κ3) is 3.23. The molecule has 0 spiro atoms. The van der Waals surface area contributed by atoms with Gasteiger partial charge in [-0.15, -0.1) is 0 Å². The zero-order valence-electron chi connectivity index (χ0n) is 10.5. The summed E-state index contributed by atoms with van der Waals surface area (Å²) in [5.74, 6) is -0.482. The molecule has 0 saturated heterocycles. The number of hydrogen-bond donors (Lipinski definition) is 1. The predicted molar refractivity (Wildman–Crippen MR) is 66.4 cm³/mol. The fourth-order valence-corrected chi connectivity index (χ4v) is 1.79. The van der Waals surface area contributed by atoms with Crippen molar-refractivity contribution in [3.63, 3.8) is 0 Å². The van der Waals surface area contributed by atoms with Crippen molar-refractivity contribution in [3.05, 3.63) is 29.8 Å². The number of benzene rings is 1. The second kappa shape index (κ2) is 6.64. The van der Waals surface area contributed by atoms with Crippen LogP contribution in [0.1, 0.15) is 24.9 Å². The summed E-state index contributed by atoms with van der Waals surface area (Å²) in [6.07, 6.45) is 1.27. The lowest BCUT2D eigenvalue weighted by molar-refractivity contribution is -0.146. The Balaban J connectivity index is 3.09. The number of aliphatic carboxylic acids is 1. The van der Waals surface area contributed by atoms with E-state index in [1.165, 1.54) is 12.0 Å². The summed E-state index contributed by atoms with van der Waals surface area (Å²) in [6, 6.07) is 5.77. The molecule has 1 unspecified atom stereocenters. The lowest BCUT2D eigenvalue weighted by atomic mass is 10.1. The number of amides is 1. The van der Waals surface area contributed by atoms with Crippen molar-refractivity contribution in [3.8, 4) is 5.75 Å². The minimum atomic E-state index is -1.05. The Morgan fingerprint density at radius 3 is 2.78 bits per heavy atom. The van der Waals surface area contributed by atoms with E-state index >= 15 is 0 Å². The van der Waals surface area contributed by atoms with Gasteiger partial charge in [-0.3, -0.25) is 4.79 Å². The first-order chi connectivity index (χ1) is 8.63. The molecule has 1 aromatic carbocycles. The summed E-state index contributed by atoms with van der Waals surface area (Å²) >= 11 is 0. The lowest BCUT2D eigenvalue weighted by Crippen LogP contribution is -2.33. The molecule has 0 heterocycles. The molecule has 0 saturated carbocycles. The van der Waals surface area contributed by atoms with Gasteiger partial charge < -0.3 is 14.7 Å². The third-order valence-electron chi connectivity index (χ3n) is 2.59. The molecule has 18 heavy (non-hydrogen) atoms. The Hall–Kier alpha value is -2.04. The van der Waals surface area contributed by atoms with E-state index in [2.05, 4.69) is 0 Å². The van der Waals surface area contributed by atoms with Gasteiger partial charge in [0.25, 0.3) is 0 Å². The molecule has 0 aliphatic carbocycles. The van der Waals surface area contributed by atoms with Crippen LogP contribution >= 0.6 is 0 Å². The van der Waals surface area contributed by atoms with Crippen molar-refractivity contribution in [2.75, 3.05) is 13.7 Å². The molecule has 0 aliphatic rings. The van der Waals surface area contributed by atoms with E-state index in [0.29, 0.717) is 30.7 Å². The Morgan fingerprint density at radius 2 is 2.28 bits per heavy atom. The largest absolute Gasteiger partial charge is 0.497 e. The van der Waals surface area contributed by atoms with Crippen molar-refractivity contribution in [1.82, 2.24) is 4.90 Å². The SMILES string of the molecule is CCCN(C=O)C(C(=O)O)c1cccc(OC)c1. The first-order valence-corrected chi connectivity index (χ1v) is 5.71. The molecule has 5 nitrogen and oxygen atoms in total. The molecule has 0 aliphatic heterocycles. The van der Waals surface area contributed by atoms with Crippen molar-refractivity contribution in [2.45, 2.75) is 19.4 Å². The van der Waals surface area contributed by atoms with E-state index in [-0.39, 0.29) is 0 Å². The van der Waals surface area contributed by atoms with E-state index in [1.54, 1.807) is 24.3 Å². The topological polar surface area (TPSA) is 66.8 Å². The maximum Gasteiger partial charge on any atom is 0.331 e. The van der Waals surface area contributed by atoms with Crippen LogP contribution in [0.15, 0.2) is 24.3 Å². The highest BCUT2D eigenvalue weighted by Crippen LogP contribution is 2.24. The van der Waals surface area contributed by atoms with E-state index in [0.717, 1.165) is 0 Å². The highest BCUT2D eigenvalue weighted by molar-refractivity contribution is 5.78. The van der Waals surface area contributed by atoms with Gasteiger partial charge in [0.2, 0.25) is 6.41 Å². The van der Waals surface area contributed by atoms with Crippen LogP contribution in [-0.2, 0) is 9.59 Å². The third-order valence-corrected chi connectivity index (χ3v) is 2.59. The van der Waals surface area contributed by atoms with Gasteiger partial charge in [-0.25, -0.2) is 4.79 Å². The number of rotatable bonds is 7. The normalized spacial score (nSPS) is 11.7. The zero-order valence-corrected chi connectivity index (χ0v) is 10.5. The average Bonchev–Trinajstić information content (AvgIpc) is 2.38. The number of carboxylic acids is 1. The van der Waals surface area contributed by atoms with Crippen LogP contribution in [0.4, 0.5) is 0 Å². The van der Waals surface area contributed by atoms with Crippen molar-refractivity contribution >= 4 is 12.4 Å². The van der Waals surface area contributed by atoms with E-state index in [9.17, 15) is 14.7 Å². The standard InChI is InChI=1S/C13H17NO4/c1-3-7-14(9-15)12(13(16)17)10-5-4-6-11(8-10)18-2/h4-6,8-9,12H,3,7H2,1-2H3,(H,16,17). The van der Waals surface area contributed by atoms with E-state index < -0.39 is 12.0 Å². The van der Waals surface area contributed by atoms with Crippen LogP contribution in [0.2, 0.25) is 0 Å². The van der Waals surface area contributed by atoms with Crippen LogP contribution in [-0.4, -0.2) is 36.0 Å². The molecule has 1 N–H and O–H groups in total. The molecule has 1 atom stereocenters. The van der Waals surface area contributed by atoms with E-state index in [4.69, 9.17) is 4.74 Å². The Kier molecular flexibility index (Phi) is 5.17. The Bertz CT molecular complexity index is 419. The molecule has 98 valence electrons. The van der Waals surface area contributed by atoms with Crippen LogP contribution in [0.5, 0.6) is 5.75 Å². The minimum Gasteiger partial charge on any atom is -0.497 e. The molecule has 1 aromatic rings. The van der Waals surface area contributed by atoms with E-state index in [1.807, 2.05) is 6.92 Å². The smallest absolute Gasteiger partial charge is 0.331 e. The first-order valence-electron chi connectivity index (χ1n) is 5.71. The van der Waals surface area contributed by atoms with Crippen molar-refractivity contribution in [1.29, 1.82) is 0 Å². The van der Waals surface area contributed by atoms with Crippen LogP contribution < -0.4 is 4.74 Å². The second-order valence-electron chi connectivity index (χ2n) is 3.86. The van der Waals surface area contributed by atoms with Gasteiger partial charge in [-0.1, -0.05) is 19.1 Å². The summed E-state index contributed by atoms with van der Waals surface area (Å²) in [6.45, 7) is 2.29. The summed E-state index contributed by atoms with van der Waals surface area (Å²) in [5, 5.41) is 9.28. The number of carboxylic acid groups (broad SMARTS) is 1. The molecule has 0 radical (unpaired) electrons. The highest BCUT2D eigenvalue weighted by atomic mass is 16.5. The Morgan fingerprint density at radius 1 is 1.56 bits per heavy atom.